The molecule has 26 heavy (non-hydrogen) atoms. The van der Waals surface area contributed by atoms with Gasteiger partial charge in [0.15, 0.2) is 0 Å². The fraction of sp³-hybridized carbons (Fsp3) is 0. The van der Waals surface area contributed by atoms with Crippen LogP contribution in [0.25, 0.3) is 11.7 Å². The quantitative estimate of drug-likeness (QED) is 0.572. The Labute approximate surface area is 146 Å². The molecule has 0 radical (unpaired) electrons. The number of nitrogens with two attached hydrogens (primary N) is 1. The van der Waals surface area contributed by atoms with E-state index in [9.17, 15) is 14.0 Å². The first-order chi connectivity index (χ1) is 12.5. The van der Waals surface area contributed by atoms with E-state index < -0.39 is 22.9 Å². The molecule has 0 saturated heterocycles. The zero-order valence-electron chi connectivity index (χ0n) is 13.2. The van der Waals surface area contributed by atoms with Crippen molar-refractivity contribution in [2.24, 2.45) is 5.73 Å². The molecular weight excluding hydrogens is 339 g/mol. The monoisotopic (exact) mass is 350 g/mol. The van der Waals surface area contributed by atoms with Crippen LogP contribution in [0.4, 0.5) is 4.39 Å². The van der Waals surface area contributed by atoms with Crippen molar-refractivity contribution >= 4 is 17.6 Å². The number of primary amides is 1. The summed E-state index contributed by atoms with van der Waals surface area (Å²) in [4.78, 5) is 28.3. The second-order valence-electron chi connectivity index (χ2n) is 5.15. The number of rotatable bonds is 4. The molecule has 0 saturated carbocycles. The van der Waals surface area contributed by atoms with E-state index in [1.54, 1.807) is 24.3 Å². The average Bonchev–Trinajstić information content (AvgIpc) is 2.63. The van der Waals surface area contributed by atoms with Crippen LogP contribution in [0.2, 0.25) is 0 Å². The maximum absolute atomic E-state index is 13.1. The van der Waals surface area contributed by atoms with Gasteiger partial charge in [-0.05, 0) is 42.5 Å². The van der Waals surface area contributed by atoms with Crippen molar-refractivity contribution in [3.8, 4) is 17.7 Å². The summed E-state index contributed by atoms with van der Waals surface area (Å²) >= 11 is 0. The summed E-state index contributed by atoms with van der Waals surface area (Å²) in [5.74, 6) is -1.35. The summed E-state index contributed by atoms with van der Waals surface area (Å²) in [7, 11) is 0. The molecule has 8 heteroatoms. The molecular formula is C18H11FN4O3. The van der Waals surface area contributed by atoms with E-state index in [2.05, 4.69) is 4.98 Å². The van der Waals surface area contributed by atoms with E-state index in [1.165, 1.54) is 34.9 Å². The van der Waals surface area contributed by atoms with E-state index in [-0.39, 0.29) is 17.2 Å². The first-order valence-corrected chi connectivity index (χ1v) is 7.36. The molecule has 128 valence electrons. The number of fused-ring (bicyclic) bond motifs is 1. The third-order valence-electron chi connectivity index (χ3n) is 3.44. The smallest absolute Gasteiger partial charge is 0.269 e. The Kier molecular flexibility index (Phi) is 4.45. The molecule has 3 rings (SSSR count). The van der Waals surface area contributed by atoms with Gasteiger partial charge in [-0.25, -0.2) is 4.39 Å². The lowest BCUT2D eigenvalue weighted by molar-refractivity contribution is -0.114. The highest BCUT2D eigenvalue weighted by atomic mass is 19.1. The van der Waals surface area contributed by atoms with Crippen LogP contribution in [0, 0.1) is 17.1 Å². The zero-order valence-corrected chi connectivity index (χ0v) is 13.2. The summed E-state index contributed by atoms with van der Waals surface area (Å²) < 4.78 is 19.9. The fourth-order valence-electron chi connectivity index (χ4n) is 2.20. The van der Waals surface area contributed by atoms with E-state index in [0.717, 1.165) is 6.08 Å². The molecule has 0 aliphatic carbocycles. The van der Waals surface area contributed by atoms with Gasteiger partial charge in [0.1, 0.15) is 34.4 Å². The summed E-state index contributed by atoms with van der Waals surface area (Å²) in [6.45, 7) is 0. The number of ether oxygens (including phenoxy) is 1. The van der Waals surface area contributed by atoms with E-state index >= 15 is 0 Å². The molecule has 1 amide bonds. The predicted molar refractivity (Wildman–Crippen MR) is 90.7 cm³/mol. The zero-order chi connectivity index (χ0) is 18.7. The highest BCUT2D eigenvalue weighted by molar-refractivity contribution is 6.00. The minimum absolute atomic E-state index is 0.131. The van der Waals surface area contributed by atoms with Gasteiger partial charge in [-0.15, -0.1) is 0 Å². The maximum atomic E-state index is 13.1. The van der Waals surface area contributed by atoms with Gasteiger partial charge >= 0.3 is 0 Å². The van der Waals surface area contributed by atoms with Crippen molar-refractivity contribution in [3.05, 3.63) is 76.0 Å². The van der Waals surface area contributed by atoms with Crippen molar-refractivity contribution < 1.29 is 13.9 Å². The lowest BCUT2D eigenvalue weighted by Crippen LogP contribution is -2.20. The van der Waals surface area contributed by atoms with Gasteiger partial charge in [0, 0.05) is 6.20 Å². The van der Waals surface area contributed by atoms with Crippen molar-refractivity contribution in [2.75, 3.05) is 0 Å². The van der Waals surface area contributed by atoms with Gasteiger partial charge in [-0.3, -0.25) is 14.0 Å². The van der Waals surface area contributed by atoms with E-state index in [4.69, 9.17) is 15.7 Å². The SMILES string of the molecule is N#C/C(=C\c1c(Oc2ccc(F)cc2)nc2ccccn2c1=O)C(N)=O. The normalized spacial score (nSPS) is 11.2. The summed E-state index contributed by atoms with van der Waals surface area (Å²) in [6, 6.07) is 11.6. The average molecular weight is 350 g/mol. The van der Waals surface area contributed by atoms with Crippen LogP contribution in [-0.2, 0) is 4.79 Å². The van der Waals surface area contributed by atoms with Crippen LogP contribution in [0.3, 0.4) is 0 Å². The summed E-state index contributed by atoms with van der Waals surface area (Å²) in [5, 5.41) is 9.04. The molecule has 0 atom stereocenters. The van der Waals surface area contributed by atoms with Gasteiger partial charge in [0.2, 0.25) is 5.88 Å². The second-order valence-corrected chi connectivity index (χ2v) is 5.15. The van der Waals surface area contributed by atoms with Gasteiger partial charge in [-0.2, -0.15) is 10.2 Å². The lowest BCUT2D eigenvalue weighted by Gasteiger charge is -2.10. The molecule has 2 aromatic heterocycles. The number of hydrogen-bond acceptors (Lipinski definition) is 5. The van der Waals surface area contributed by atoms with Crippen molar-refractivity contribution in [1.82, 2.24) is 9.38 Å². The largest absolute Gasteiger partial charge is 0.438 e. The van der Waals surface area contributed by atoms with Crippen molar-refractivity contribution in [2.45, 2.75) is 0 Å². The van der Waals surface area contributed by atoms with Crippen LogP contribution in [-0.4, -0.2) is 15.3 Å². The van der Waals surface area contributed by atoms with Gasteiger partial charge < -0.3 is 10.5 Å². The Morgan fingerprint density at radius 1 is 1.27 bits per heavy atom. The summed E-state index contributed by atoms with van der Waals surface area (Å²) in [6.07, 6.45) is 2.51. The topological polar surface area (TPSA) is 110 Å². The molecule has 0 aliphatic heterocycles. The number of aromatic nitrogens is 2. The first kappa shape index (κ1) is 16.9. The lowest BCUT2D eigenvalue weighted by atomic mass is 10.2. The number of nitriles is 1. The number of pyridine rings is 1. The Bertz CT molecular complexity index is 1130. The molecule has 0 spiro atoms. The van der Waals surface area contributed by atoms with Crippen LogP contribution >= 0.6 is 0 Å². The highest BCUT2D eigenvalue weighted by Crippen LogP contribution is 2.24. The number of halogens is 1. The third-order valence-corrected chi connectivity index (χ3v) is 3.44. The van der Waals surface area contributed by atoms with Gasteiger partial charge in [0.05, 0.1) is 0 Å². The number of nitrogens with zero attached hydrogens (tertiary/aromatic N) is 3. The number of carbonyl (C=O) groups is 1. The molecule has 2 N–H and O–H groups in total. The van der Waals surface area contributed by atoms with Crippen LogP contribution in [0.15, 0.2) is 59.0 Å². The molecule has 7 nitrogen and oxygen atoms in total. The maximum Gasteiger partial charge on any atom is 0.269 e. The molecule has 0 fully saturated rings. The highest BCUT2D eigenvalue weighted by Gasteiger charge is 2.16. The fourth-order valence-corrected chi connectivity index (χ4v) is 2.20. The second kappa shape index (κ2) is 6.86. The molecule has 0 aliphatic rings. The molecule has 2 heterocycles. The van der Waals surface area contributed by atoms with Gasteiger partial charge in [-0.1, -0.05) is 6.07 Å². The van der Waals surface area contributed by atoms with Crippen LogP contribution < -0.4 is 16.0 Å². The molecule has 1 aromatic carbocycles. The Morgan fingerprint density at radius 2 is 2.00 bits per heavy atom. The number of benzene rings is 1. The summed E-state index contributed by atoms with van der Waals surface area (Å²) in [5.41, 5.74) is 4.32. The number of hydrogen-bond donors (Lipinski definition) is 1. The number of carbonyl (C=O) groups excluding carboxylic acids is 1. The minimum atomic E-state index is -0.988. The van der Waals surface area contributed by atoms with E-state index in [0.29, 0.717) is 5.65 Å². The standard InChI is InChI=1S/C18H11FN4O3/c19-12-4-6-13(7-5-12)26-17-14(9-11(10-20)16(21)24)18(25)23-8-2-1-3-15(23)22-17/h1-9H,(H2,21,24)/b11-9+. The third kappa shape index (κ3) is 3.27. The first-order valence-electron chi connectivity index (χ1n) is 7.36. The van der Waals surface area contributed by atoms with Crippen molar-refractivity contribution in [3.63, 3.8) is 0 Å². The molecule has 0 bridgehead atoms. The van der Waals surface area contributed by atoms with Crippen LogP contribution in [0.1, 0.15) is 5.56 Å². The van der Waals surface area contributed by atoms with Crippen LogP contribution in [0.5, 0.6) is 11.6 Å². The Morgan fingerprint density at radius 3 is 2.65 bits per heavy atom. The minimum Gasteiger partial charge on any atom is -0.438 e. The Hall–Kier alpha value is -3.99. The van der Waals surface area contributed by atoms with E-state index in [1.807, 2.05) is 0 Å². The predicted octanol–water partition coefficient (Wildman–Crippen LogP) is 2.02. The number of amides is 1. The van der Waals surface area contributed by atoms with Gasteiger partial charge in [0.25, 0.3) is 11.5 Å². The van der Waals surface area contributed by atoms with Crippen molar-refractivity contribution in [1.29, 1.82) is 5.26 Å². The molecule has 3 aromatic rings. The molecule has 0 unspecified atom stereocenters. The Balaban J connectivity index is 2.24.